The number of hydrogen-bond donors (Lipinski definition) is 1. The molecular weight excluding hydrogens is 186 g/mol. The molecule has 0 spiro atoms. The zero-order valence-corrected chi connectivity index (χ0v) is 9.87. The van der Waals surface area contributed by atoms with E-state index in [2.05, 4.69) is 38.2 Å². The first-order valence-corrected chi connectivity index (χ1v) is 5.35. The molecule has 1 rings (SSSR count). The molecule has 0 saturated carbocycles. The Hall–Kier alpha value is -1.31. The maximum Gasteiger partial charge on any atom is 0.217 e. The summed E-state index contributed by atoms with van der Waals surface area (Å²) in [5.41, 5.74) is 2.44. The first-order chi connectivity index (χ1) is 7.02. The van der Waals surface area contributed by atoms with Crippen LogP contribution in [-0.4, -0.2) is 5.91 Å². The average Bonchev–Trinajstić information content (AvgIpc) is 2.15. The fourth-order valence-electron chi connectivity index (χ4n) is 1.76. The molecule has 0 saturated heterocycles. The Labute approximate surface area is 91.7 Å². The molecule has 0 aliphatic rings. The summed E-state index contributed by atoms with van der Waals surface area (Å²) in [6.45, 7) is 7.88. The lowest BCUT2D eigenvalue weighted by atomic mass is 9.93. The van der Waals surface area contributed by atoms with Crippen molar-refractivity contribution < 1.29 is 4.79 Å². The maximum absolute atomic E-state index is 11.1. The molecule has 2 nitrogen and oxygen atoms in total. The van der Waals surface area contributed by atoms with E-state index in [4.69, 9.17) is 0 Å². The van der Waals surface area contributed by atoms with Crippen molar-refractivity contribution in [3.8, 4) is 0 Å². The molecule has 15 heavy (non-hydrogen) atoms. The Morgan fingerprint density at radius 2 is 1.87 bits per heavy atom. The van der Waals surface area contributed by atoms with Gasteiger partial charge in [0, 0.05) is 6.92 Å². The minimum absolute atomic E-state index is 0.0250. The predicted molar refractivity (Wildman–Crippen MR) is 62.6 cm³/mol. The molecule has 0 heterocycles. The van der Waals surface area contributed by atoms with E-state index in [-0.39, 0.29) is 11.9 Å². The van der Waals surface area contributed by atoms with E-state index in [1.165, 1.54) is 11.1 Å². The van der Waals surface area contributed by atoms with Crippen LogP contribution in [0.15, 0.2) is 24.3 Å². The number of hydrogen-bond acceptors (Lipinski definition) is 1. The summed E-state index contributed by atoms with van der Waals surface area (Å²) in [6, 6.07) is 8.30. The first kappa shape index (κ1) is 11.8. The lowest BCUT2D eigenvalue weighted by Gasteiger charge is -2.23. The zero-order valence-electron chi connectivity index (χ0n) is 9.87. The highest BCUT2D eigenvalue weighted by Crippen LogP contribution is 2.24. The monoisotopic (exact) mass is 205 g/mol. The molecular formula is C13H19NO. The zero-order chi connectivity index (χ0) is 11.4. The molecule has 1 N–H and O–H groups in total. The minimum atomic E-state index is 0.0250. The number of benzene rings is 1. The molecule has 1 unspecified atom stereocenters. The van der Waals surface area contributed by atoms with E-state index >= 15 is 0 Å². The Balaban J connectivity index is 2.99. The van der Waals surface area contributed by atoms with Gasteiger partial charge in [0.2, 0.25) is 5.91 Å². The van der Waals surface area contributed by atoms with E-state index in [1.54, 1.807) is 6.92 Å². The maximum atomic E-state index is 11.1. The van der Waals surface area contributed by atoms with Gasteiger partial charge in [-0.05, 0) is 24.0 Å². The van der Waals surface area contributed by atoms with Gasteiger partial charge in [-0.1, -0.05) is 38.1 Å². The highest BCUT2D eigenvalue weighted by molar-refractivity contribution is 5.73. The Morgan fingerprint density at radius 3 is 2.33 bits per heavy atom. The molecule has 1 aromatic rings. The topological polar surface area (TPSA) is 29.1 Å². The van der Waals surface area contributed by atoms with Gasteiger partial charge in [0.1, 0.15) is 0 Å². The van der Waals surface area contributed by atoms with Crippen LogP contribution in [0, 0.1) is 12.8 Å². The Morgan fingerprint density at radius 1 is 1.27 bits per heavy atom. The van der Waals surface area contributed by atoms with E-state index in [9.17, 15) is 4.79 Å². The quantitative estimate of drug-likeness (QED) is 0.807. The highest BCUT2D eigenvalue weighted by Gasteiger charge is 2.17. The van der Waals surface area contributed by atoms with Gasteiger partial charge in [0.05, 0.1) is 6.04 Å². The van der Waals surface area contributed by atoms with Gasteiger partial charge >= 0.3 is 0 Å². The molecule has 0 aliphatic heterocycles. The highest BCUT2D eigenvalue weighted by atomic mass is 16.1. The summed E-state index contributed by atoms with van der Waals surface area (Å²) < 4.78 is 0. The van der Waals surface area contributed by atoms with Crippen molar-refractivity contribution in [2.24, 2.45) is 5.92 Å². The van der Waals surface area contributed by atoms with Crippen molar-refractivity contribution in [3.05, 3.63) is 35.4 Å². The number of amides is 1. The van der Waals surface area contributed by atoms with Crippen LogP contribution in [-0.2, 0) is 4.79 Å². The first-order valence-electron chi connectivity index (χ1n) is 5.35. The molecule has 0 bridgehead atoms. The van der Waals surface area contributed by atoms with E-state index in [1.807, 2.05) is 12.1 Å². The van der Waals surface area contributed by atoms with E-state index in [0.717, 1.165) is 0 Å². The summed E-state index contributed by atoms with van der Waals surface area (Å²) in [5, 5.41) is 3.00. The van der Waals surface area contributed by atoms with Gasteiger partial charge in [-0.3, -0.25) is 4.79 Å². The molecule has 0 aliphatic carbocycles. The number of rotatable bonds is 3. The van der Waals surface area contributed by atoms with Crippen LogP contribution in [0.5, 0.6) is 0 Å². The van der Waals surface area contributed by atoms with Crippen LogP contribution in [0.25, 0.3) is 0 Å². The van der Waals surface area contributed by atoms with E-state index < -0.39 is 0 Å². The second-order valence-corrected chi connectivity index (χ2v) is 4.28. The predicted octanol–water partition coefficient (Wildman–Crippen LogP) is 2.83. The minimum Gasteiger partial charge on any atom is -0.349 e. The Kier molecular flexibility index (Phi) is 3.89. The van der Waals surface area contributed by atoms with Gasteiger partial charge in [-0.25, -0.2) is 0 Å². The summed E-state index contributed by atoms with van der Waals surface area (Å²) in [4.78, 5) is 11.1. The van der Waals surface area contributed by atoms with Crippen molar-refractivity contribution in [2.75, 3.05) is 0 Å². The van der Waals surface area contributed by atoms with Gasteiger partial charge in [-0.2, -0.15) is 0 Å². The van der Waals surface area contributed by atoms with Crippen LogP contribution in [0.1, 0.15) is 37.9 Å². The fraction of sp³-hybridized carbons (Fsp3) is 0.462. The number of carbonyl (C=O) groups excluding carboxylic acids is 1. The lowest BCUT2D eigenvalue weighted by molar-refractivity contribution is -0.120. The fourth-order valence-corrected chi connectivity index (χ4v) is 1.76. The average molecular weight is 205 g/mol. The largest absolute Gasteiger partial charge is 0.349 e. The standard InChI is InChI=1S/C13H19NO/c1-9(2)13(14-11(4)15)12-8-6-5-7-10(12)3/h5-9,13H,1-4H3,(H,14,15). The second-order valence-electron chi connectivity index (χ2n) is 4.28. The molecule has 2 heteroatoms. The van der Waals surface area contributed by atoms with Gasteiger partial charge < -0.3 is 5.32 Å². The van der Waals surface area contributed by atoms with Crippen molar-refractivity contribution >= 4 is 5.91 Å². The smallest absolute Gasteiger partial charge is 0.217 e. The van der Waals surface area contributed by atoms with Crippen molar-refractivity contribution in [3.63, 3.8) is 0 Å². The van der Waals surface area contributed by atoms with Crippen LogP contribution >= 0.6 is 0 Å². The third-order valence-electron chi connectivity index (χ3n) is 2.55. The second kappa shape index (κ2) is 4.96. The SMILES string of the molecule is CC(=O)NC(c1ccccc1C)C(C)C. The molecule has 0 radical (unpaired) electrons. The summed E-state index contributed by atoms with van der Waals surface area (Å²) in [5.74, 6) is 0.423. The lowest BCUT2D eigenvalue weighted by Crippen LogP contribution is -2.30. The van der Waals surface area contributed by atoms with Crippen molar-refractivity contribution in [1.82, 2.24) is 5.32 Å². The Bertz CT molecular complexity index is 344. The number of carbonyl (C=O) groups is 1. The van der Waals surface area contributed by atoms with Crippen molar-refractivity contribution in [2.45, 2.75) is 33.7 Å². The molecule has 1 atom stereocenters. The van der Waals surface area contributed by atoms with Crippen LogP contribution < -0.4 is 5.32 Å². The van der Waals surface area contributed by atoms with Crippen LogP contribution in [0.4, 0.5) is 0 Å². The molecule has 1 aromatic carbocycles. The normalized spacial score (nSPS) is 12.6. The van der Waals surface area contributed by atoms with Crippen LogP contribution in [0.2, 0.25) is 0 Å². The molecule has 1 amide bonds. The number of aryl methyl sites for hydroxylation is 1. The van der Waals surface area contributed by atoms with Gasteiger partial charge in [-0.15, -0.1) is 0 Å². The molecule has 0 aromatic heterocycles. The van der Waals surface area contributed by atoms with Crippen molar-refractivity contribution in [1.29, 1.82) is 0 Å². The van der Waals surface area contributed by atoms with Gasteiger partial charge in [0.15, 0.2) is 0 Å². The third-order valence-corrected chi connectivity index (χ3v) is 2.55. The number of nitrogens with one attached hydrogen (secondary N) is 1. The summed E-state index contributed by atoms with van der Waals surface area (Å²) in [6.07, 6.45) is 0. The van der Waals surface area contributed by atoms with Gasteiger partial charge in [0.25, 0.3) is 0 Å². The third kappa shape index (κ3) is 3.08. The molecule has 0 fully saturated rings. The van der Waals surface area contributed by atoms with Crippen LogP contribution in [0.3, 0.4) is 0 Å². The van der Waals surface area contributed by atoms with E-state index in [0.29, 0.717) is 5.92 Å². The molecule has 82 valence electrons. The summed E-state index contributed by atoms with van der Waals surface area (Å²) in [7, 11) is 0. The summed E-state index contributed by atoms with van der Waals surface area (Å²) >= 11 is 0.